The van der Waals surface area contributed by atoms with E-state index in [0.29, 0.717) is 13.0 Å². The Morgan fingerprint density at radius 1 is 1.30 bits per heavy atom. The van der Waals surface area contributed by atoms with Crippen molar-refractivity contribution in [2.45, 2.75) is 52.0 Å². The number of likely N-dealkylation sites (tertiary alicyclic amines) is 1. The Bertz CT molecular complexity index is 573. The van der Waals surface area contributed by atoms with E-state index in [4.69, 9.17) is 0 Å². The van der Waals surface area contributed by atoms with Crippen molar-refractivity contribution in [1.29, 1.82) is 0 Å². The van der Waals surface area contributed by atoms with Crippen LogP contribution in [0.1, 0.15) is 44.9 Å². The molecule has 0 saturated carbocycles. The first-order valence-electron chi connectivity index (χ1n) is 8.66. The minimum absolute atomic E-state index is 0.174. The highest BCUT2D eigenvalue weighted by Gasteiger charge is 2.37. The van der Waals surface area contributed by atoms with Crippen LogP contribution in [-0.4, -0.2) is 45.9 Å². The van der Waals surface area contributed by atoms with Gasteiger partial charge in [-0.3, -0.25) is 9.59 Å². The molecule has 3 rings (SSSR count). The molecule has 0 aliphatic carbocycles. The van der Waals surface area contributed by atoms with Gasteiger partial charge < -0.3 is 14.8 Å². The molecule has 6 heteroatoms. The molecule has 1 aromatic rings. The summed E-state index contributed by atoms with van der Waals surface area (Å²) in [5.41, 5.74) is 0.250. The number of nitrogens with zero attached hydrogens (tertiary/aromatic N) is 3. The summed E-state index contributed by atoms with van der Waals surface area (Å²) < 4.78 is 1.95. The third-order valence-corrected chi connectivity index (χ3v) is 5.46. The lowest BCUT2D eigenvalue weighted by atomic mass is 9.73. The zero-order valence-electron chi connectivity index (χ0n) is 13.9. The van der Waals surface area contributed by atoms with Gasteiger partial charge in [0.2, 0.25) is 11.8 Å². The molecule has 0 atom stereocenters. The van der Waals surface area contributed by atoms with Crippen molar-refractivity contribution in [3.05, 3.63) is 18.2 Å². The molecule has 23 heavy (non-hydrogen) atoms. The Morgan fingerprint density at radius 2 is 2.09 bits per heavy atom. The lowest BCUT2D eigenvalue weighted by molar-refractivity contribution is -0.134. The van der Waals surface area contributed by atoms with Crippen LogP contribution in [-0.2, 0) is 22.6 Å². The fraction of sp³-hybridized carbons (Fsp3) is 0.706. The number of hydrogen-bond acceptors (Lipinski definition) is 3. The number of piperidine rings is 1. The highest BCUT2D eigenvalue weighted by atomic mass is 16.2. The van der Waals surface area contributed by atoms with E-state index in [2.05, 4.69) is 17.2 Å². The summed E-state index contributed by atoms with van der Waals surface area (Å²) in [6.45, 7) is 4.83. The molecule has 6 nitrogen and oxygen atoms in total. The number of amides is 2. The van der Waals surface area contributed by atoms with Gasteiger partial charge >= 0.3 is 0 Å². The number of carbonyl (C=O) groups excluding carboxylic acids is 2. The number of rotatable bonds is 3. The molecule has 0 unspecified atom stereocenters. The molecule has 2 saturated heterocycles. The van der Waals surface area contributed by atoms with Crippen molar-refractivity contribution in [3.8, 4) is 0 Å². The van der Waals surface area contributed by atoms with Crippen molar-refractivity contribution in [2.75, 3.05) is 19.6 Å². The third-order valence-electron chi connectivity index (χ3n) is 5.46. The van der Waals surface area contributed by atoms with Crippen molar-refractivity contribution in [1.82, 2.24) is 19.8 Å². The standard InChI is InChI=1S/C17H26N4O2/c1-2-14-18-9-12-21(14)13-16(23)20-10-6-17(7-11-20)4-3-15(22)19-8-5-17/h9,12H,2-8,10-11,13H2,1H3,(H,19,22). The van der Waals surface area contributed by atoms with E-state index >= 15 is 0 Å². The second kappa shape index (κ2) is 6.72. The van der Waals surface area contributed by atoms with E-state index in [9.17, 15) is 9.59 Å². The number of carbonyl (C=O) groups is 2. The average molecular weight is 318 g/mol. The number of imidazole rings is 1. The zero-order chi connectivity index (χ0) is 16.3. The van der Waals surface area contributed by atoms with E-state index in [0.717, 1.165) is 57.6 Å². The predicted molar refractivity (Wildman–Crippen MR) is 86.7 cm³/mol. The Labute approximate surface area is 137 Å². The van der Waals surface area contributed by atoms with Gasteiger partial charge in [0.15, 0.2) is 0 Å². The molecule has 0 aromatic carbocycles. The molecule has 2 fully saturated rings. The summed E-state index contributed by atoms with van der Waals surface area (Å²) in [6, 6.07) is 0. The molecule has 126 valence electrons. The number of hydrogen-bond donors (Lipinski definition) is 1. The zero-order valence-corrected chi connectivity index (χ0v) is 13.9. The van der Waals surface area contributed by atoms with E-state index in [1.807, 2.05) is 15.7 Å². The number of aryl methyl sites for hydroxylation is 1. The topological polar surface area (TPSA) is 67.2 Å². The van der Waals surface area contributed by atoms with Crippen molar-refractivity contribution >= 4 is 11.8 Å². The van der Waals surface area contributed by atoms with Crippen molar-refractivity contribution < 1.29 is 9.59 Å². The van der Waals surface area contributed by atoms with E-state index in [1.54, 1.807) is 6.20 Å². The summed E-state index contributed by atoms with van der Waals surface area (Å²) in [4.78, 5) is 30.3. The Morgan fingerprint density at radius 3 is 2.83 bits per heavy atom. The van der Waals surface area contributed by atoms with Crippen LogP contribution in [0.3, 0.4) is 0 Å². The van der Waals surface area contributed by atoms with Crippen molar-refractivity contribution in [3.63, 3.8) is 0 Å². The van der Waals surface area contributed by atoms with Gasteiger partial charge in [-0.05, 0) is 31.1 Å². The minimum Gasteiger partial charge on any atom is -0.356 e. The van der Waals surface area contributed by atoms with Gasteiger partial charge in [0, 0.05) is 44.9 Å². The normalized spacial score (nSPS) is 21.1. The highest BCUT2D eigenvalue weighted by Crippen LogP contribution is 2.40. The van der Waals surface area contributed by atoms with Crippen LogP contribution >= 0.6 is 0 Å². The fourth-order valence-corrected chi connectivity index (χ4v) is 3.83. The lowest BCUT2D eigenvalue weighted by Crippen LogP contribution is -2.44. The van der Waals surface area contributed by atoms with Crippen LogP contribution in [0.5, 0.6) is 0 Å². The van der Waals surface area contributed by atoms with Crippen LogP contribution in [0.2, 0.25) is 0 Å². The van der Waals surface area contributed by atoms with Gasteiger partial charge in [-0.2, -0.15) is 0 Å². The molecule has 1 N–H and O–H groups in total. The predicted octanol–water partition coefficient (Wildman–Crippen LogP) is 1.35. The van der Waals surface area contributed by atoms with Gasteiger partial charge in [0.1, 0.15) is 12.4 Å². The molecule has 1 aromatic heterocycles. The maximum absolute atomic E-state index is 12.5. The molecule has 1 spiro atoms. The summed E-state index contributed by atoms with van der Waals surface area (Å²) in [7, 11) is 0. The first kappa shape index (κ1) is 16.0. The summed E-state index contributed by atoms with van der Waals surface area (Å²) in [5, 5.41) is 2.96. The average Bonchev–Trinajstić information content (AvgIpc) is 2.93. The first-order chi connectivity index (χ1) is 11.1. The summed E-state index contributed by atoms with van der Waals surface area (Å²) >= 11 is 0. The Kier molecular flexibility index (Phi) is 4.68. The van der Waals surface area contributed by atoms with Gasteiger partial charge in [0.05, 0.1) is 0 Å². The van der Waals surface area contributed by atoms with Crippen LogP contribution in [0.15, 0.2) is 12.4 Å². The van der Waals surface area contributed by atoms with E-state index in [1.165, 1.54) is 0 Å². The SMILES string of the molecule is CCc1nccn1CC(=O)N1CCC2(CCNC(=O)CC2)CC1. The van der Waals surface area contributed by atoms with Crippen LogP contribution in [0.4, 0.5) is 0 Å². The van der Waals surface area contributed by atoms with Crippen LogP contribution < -0.4 is 5.32 Å². The maximum Gasteiger partial charge on any atom is 0.242 e. The maximum atomic E-state index is 12.5. The molecular formula is C17H26N4O2. The largest absolute Gasteiger partial charge is 0.356 e. The summed E-state index contributed by atoms with van der Waals surface area (Å²) in [6.07, 6.45) is 9.13. The molecule has 3 heterocycles. The van der Waals surface area contributed by atoms with E-state index < -0.39 is 0 Å². The highest BCUT2D eigenvalue weighted by molar-refractivity contribution is 5.77. The first-order valence-corrected chi connectivity index (χ1v) is 8.66. The number of aromatic nitrogens is 2. The van der Waals surface area contributed by atoms with Gasteiger partial charge in [0.25, 0.3) is 0 Å². The third kappa shape index (κ3) is 3.57. The monoisotopic (exact) mass is 318 g/mol. The lowest BCUT2D eigenvalue weighted by Gasteiger charge is -2.41. The quantitative estimate of drug-likeness (QED) is 0.915. The van der Waals surface area contributed by atoms with Gasteiger partial charge in [-0.15, -0.1) is 0 Å². The smallest absolute Gasteiger partial charge is 0.242 e. The molecular weight excluding hydrogens is 292 g/mol. The minimum atomic E-state index is 0.174. The molecule has 2 aliphatic rings. The number of nitrogens with one attached hydrogen (secondary N) is 1. The Balaban J connectivity index is 1.56. The fourth-order valence-electron chi connectivity index (χ4n) is 3.83. The van der Waals surface area contributed by atoms with Crippen LogP contribution in [0.25, 0.3) is 0 Å². The van der Waals surface area contributed by atoms with Gasteiger partial charge in [-0.25, -0.2) is 4.98 Å². The Hall–Kier alpha value is -1.85. The molecule has 0 radical (unpaired) electrons. The molecule has 2 aliphatic heterocycles. The van der Waals surface area contributed by atoms with Crippen molar-refractivity contribution in [2.24, 2.45) is 5.41 Å². The van der Waals surface area contributed by atoms with Gasteiger partial charge in [-0.1, -0.05) is 6.92 Å². The van der Waals surface area contributed by atoms with Crippen LogP contribution in [0, 0.1) is 5.41 Å². The summed E-state index contributed by atoms with van der Waals surface area (Å²) in [5.74, 6) is 1.31. The molecule has 2 amide bonds. The second-order valence-corrected chi connectivity index (χ2v) is 6.81. The van der Waals surface area contributed by atoms with E-state index in [-0.39, 0.29) is 17.2 Å². The molecule has 0 bridgehead atoms. The second-order valence-electron chi connectivity index (χ2n) is 6.81.